The summed E-state index contributed by atoms with van der Waals surface area (Å²) in [7, 11) is 1.93. The molecule has 2 aromatic heterocycles. The molecule has 0 aliphatic heterocycles. The van der Waals surface area contributed by atoms with Crippen molar-refractivity contribution in [1.29, 1.82) is 0 Å². The van der Waals surface area contributed by atoms with Crippen LogP contribution in [0, 0.1) is 5.92 Å². The quantitative estimate of drug-likeness (QED) is 0.495. The van der Waals surface area contributed by atoms with E-state index in [0.717, 1.165) is 24.8 Å². The van der Waals surface area contributed by atoms with Gasteiger partial charge in [-0.3, -0.25) is 18.6 Å². The summed E-state index contributed by atoms with van der Waals surface area (Å²) in [5.74, 6) is 1.13. The Hall–Kier alpha value is -2.35. The maximum absolute atomic E-state index is 13.2. The first-order chi connectivity index (χ1) is 15.4. The number of para-hydroxylation sites is 1. The van der Waals surface area contributed by atoms with Crippen molar-refractivity contribution in [2.24, 2.45) is 5.92 Å². The van der Waals surface area contributed by atoms with Crippen LogP contribution in [-0.2, 0) is 11.3 Å². The minimum atomic E-state index is -0.288. The first-order valence-electron chi connectivity index (χ1n) is 11.7. The van der Waals surface area contributed by atoms with Gasteiger partial charge in [-0.1, -0.05) is 57.0 Å². The number of carbonyl (C=O) groups excluding carboxylic acids is 1. The van der Waals surface area contributed by atoms with Crippen LogP contribution >= 0.6 is 11.8 Å². The average Bonchev–Trinajstić information content (AvgIpc) is 3.21. The first kappa shape index (κ1) is 22.8. The normalized spacial score (nSPS) is 16.2. The monoisotopic (exact) mass is 455 g/mol. The van der Waals surface area contributed by atoms with Crippen molar-refractivity contribution in [3.8, 4) is 0 Å². The van der Waals surface area contributed by atoms with Crippen molar-refractivity contribution in [3.63, 3.8) is 0 Å². The van der Waals surface area contributed by atoms with E-state index in [1.54, 1.807) is 4.57 Å². The van der Waals surface area contributed by atoms with Crippen molar-refractivity contribution in [3.05, 3.63) is 34.6 Å². The summed E-state index contributed by atoms with van der Waals surface area (Å²) < 4.78 is 3.66. The summed E-state index contributed by atoms with van der Waals surface area (Å²) >= 11 is 1.42. The van der Waals surface area contributed by atoms with E-state index in [1.807, 2.05) is 47.5 Å². The zero-order valence-corrected chi connectivity index (χ0v) is 20.3. The molecule has 1 fully saturated rings. The molecule has 1 unspecified atom stereocenters. The van der Waals surface area contributed by atoms with E-state index < -0.39 is 0 Å². The number of thioether (sulfide) groups is 1. The number of benzene rings is 1. The number of aryl methyl sites for hydroxylation is 1. The highest BCUT2D eigenvalue weighted by atomic mass is 32.2. The molecule has 1 aromatic carbocycles. The number of amides is 1. The van der Waals surface area contributed by atoms with Crippen LogP contribution in [0.3, 0.4) is 0 Å². The van der Waals surface area contributed by atoms with E-state index >= 15 is 0 Å². The van der Waals surface area contributed by atoms with Crippen LogP contribution in [0.1, 0.15) is 59.3 Å². The second-order valence-electron chi connectivity index (χ2n) is 9.28. The predicted molar refractivity (Wildman–Crippen MR) is 129 cm³/mol. The molecule has 0 bridgehead atoms. The lowest BCUT2D eigenvalue weighted by Gasteiger charge is -2.32. The number of rotatable bonds is 7. The molecular formula is C24H33N5O2S. The molecule has 172 valence electrons. The lowest BCUT2D eigenvalue weighted by Crippen LogP contribution is -2.42. The SMILES string of the molecule is CC(C)CCn1c(=O)c2ccccc2n2c(SC(C)C(=O)N(C)C3CCCCC3)nnc12. The summed E-state index contributed by atoms with van der Waals surface area (Å²) in [6.07, 6.45) is 6.70. The molecule has 1 amide bonds. The van der Waals surface area contributed by atoms with Gasteiger partial charge in [0, 0.05) is 19.6 Å². The van der Waals surface area contributed by atoms with E-state index in [9.17, 15) is 9.59 Å². The van der Waals surface area contributed by atoms with Crippen molar-refractivity contribution in [2.75, 3.05) is 7.05 Å². The Morgan fingerprint density at radius 1 is 1.16 bits per heavy atom. The number of carbonyl (C=O) groups is 1. The Labute approximate surface area is 193 Å². The fraction of sp³-hybridized carbons (Fsp3) is 0.583. The van der Waals surface area contributed by atoms with Gasteiger partial charge in [-0.25, -0.2) is 0 Å². The van der Waals surface area contributed by atoms with Gasteiger partial charge in [0.15, 0.2) is 5.16 Å². The van der Waals surface area contributed by atoms with Gasteiger partial charge in [-0.2, -0.15) is 0 Å². The smallest absolute Gasteiger partial charge is 0.262 e. The maximum atomic E-state index is 13.2. The van der Waals surface area contributed by atoms with E-state index in [0.29, 0.717) is 34.8 Å². The van der Waals surface area contributed by atoms with Crippen LogP contribution in [0.4, 0.5) is 0 Å². The highest BCUT2D eigenvalue weighted by Gasteiger charge is 2.28. The molecule has 32 heavy (non-hydrogen) atoms. The Balaban J connectivity index is 1.69. The van der Waals surface area contributed by atoms with E-state index in [2.05, 4.69) is 24.0 Å². The maximum Gasteiger partial charge on any atom is 0.262 e. The average molecular weight is 456 g/mol. The molecule has 4 rings (SSSR count). The Morgan fingerprint density at radius 3 is 2.59 bits per heavy atom. The fourth-order valence-corrected chi connectivity index (χ4v) is 5.50. The third-order valence-electron chi connectivity index (χ3n) is 6.51. The van der Waals surface area contributed by atoms with Gasteiger partial charge < -0.3 is 4.90 Å². The van der Waals surface area contributed by atoms with Gasteiger partial charge in [-0.15, -0.1) is 10.2 Å². The largest absolute Gasteiger partial charge is 0.342 e. The summed E-state index contributed by atoms with van der Waals surface area (Å²) in [4.78, 5) is 28.3. The zero-order valence-electron chi connectivity index (χ0n) is 19.5. The lowest BCUT2D eigenvalue weighted by atomic mass is 9.94. The van der Waals surface area contributed by atoms with Crippen LogP contribution < -0.4 is 5.56 Å². The molecule has 0 radical (unpaired) electrons. The van der Waals surface area contributed by atoms with E-state index in [1.165, 1.54) is 31.0 Å². The highest BCUT2D eigenvalue weighted by molar-refractivity contribution is 8.00. The Kier molecular flexibility index (Phi) is 6.88. The molecule has 7 nitrogen and oxygen atoms in total. The number of nitrogens with zero attached hydrogens (tertiary/aromatic N) is 5. The molecule has 8 heteroatoms. The first-order valence-corrected chi connectivity index (χ1v) is 12.6. The van der Waals surface area contributed by atoms with Crippen molar-refractivity contribution < 1.29 is 4.79 Å². The standard InChI is InChI=1S/C24H33N5O2S/c1-16(2)14-15-28-22(31)19-12-8-9-13-20(19)29-23(28)25-26-24(29)32-17(3)21(30)27(4)18-10-6-5-7-11-18/h8-9,12-13,16-18H,5-7,10-11,14-15H2,1-4H3. The van der Waals surface area contributed by atoms with Crippen molar-refractivity contribution in [2.45, 2.75) is 82.3 Å². The van der Waals surface area contributed by atoms with E-state index in [-0.39, 0.29) is 16.7 Å². The molecule has 0 spiro atoms. The minimum Gasteiger partial charge on any atom is -0.342 e. The molecule has 1 saturated carbocycles. The summed E-state index contributed by atoms with van der Waals surface area (Å²) in [6.45, 7) is 6.81. The molecule has 1 atom stereocenters. The van der Waals surface area contributed by atoms with Crippen LogP contribution in [-0.4, -0.2) is 48.3 Å². The number of hydrogen-bond donors (Lipinski definition) is 0. The van der Waals surface area contributed by atoms with Gasteiger partial charge in [0.25, 0.3) is 5.56 Å². The minimum absolute atomic E-state index is 0.0427. The van der Waals surface area contributed by atoms with Gasteiger partial charge in [0.2, 0.25) is 11.7 Å². The number of aromatic nitrogens is 4. The molecule has 2 heterocycles. The molecular weight excluding hydrogens is 422 g/mol. The van der Waals surface area contributed by atoms with E-state index in [4.69, 9.17) is 0 Å². The highest BCUT2D eigenvalue weighted by Crippen LogP contribution is 2.28. The lowest BCUT2D eigenvalue weighted by molar-refractivity contribution is -0.131. The second kappa shape index (κ2) is 9.65. The summed E-state index contributed by atoms with van der Waals surface area (Å²) in [5.41, 5.74) is 0.736. The third kappa shape index (κ3) is 4.42. The topological polar surface area (TPSA) is 72.5 Å². The van der Waals surface area contributed by atoms with Crippen molar-refractivity contribution in [1.82, 2.24) is 24.1 Å². The van der Waals surface area contributed by atoms with Crippen LogP contribution in [0.25, 0.3) is 16.7 Å². The molecule has 0 N–H and O–H groups in total. The van der Waals surface area contributed by atoms with Crippen molar-refractivity contribution >= 4 is 34.3 Å². The van der Waals surface area contributed by atoms with Crippen LogP contribution in [0.5, 0.6) is 0 Å². The molecule has 3 aromatic rings. The second-order valence-corrected chi connectivity index (χ2v) is 10.6. The number of hydrogen-bond acceptors (Lipinski definition) is 5. The Morgan fingerprint density at radius 2 is 1.88 bits per heavy atom. The third-order valence-corrected chi connectivity index (χ3v) is 7.54. The van der Waals surface area contributed by atoms with Crippen LogP contribution in [0.15, 0.2) is 34.2 Å². The number of fused-ring (bicyclic) bond motifs is 3. The van der Waals surface area contributed by atoms with Gasteiger partial charge in [0.05, 0.1) is 16.2 Å². The molecule has 1 aliphatic rings. The summed E-state index contributed by atoms with van der Waals surface area (Å²) in [5, 5.41) is 9.80. The van der Waals surface area contributed by atoms with Gasteiger partial charge in [0.1, 0.15) is 0 Å². The zero-order chi connectivity index (χ0) is 22.8. The molecule has 1 aliphatic carbocycles. The summed E-state index contributed by atoms with van der Waals surface area (Å²) in [6, 6.07) is 7.90. The molecule has 0 saturated heterocycles. The fourth-order valence-electron chi connectivity index (χ4n) is 4.54. The Bertz CT molecular complexity index is 1160. The predicted octanol–water partition coefficient (Wildman–Crippen LogP) is 4.36. The van der Waals surface area contributed by atoms with Gasteiger partial charge >= 0.3 is 0 Å². The van der Waals surface area contributed by atoms with Gasteiger partial charge in [-0.05, 0) is 44.2 Å². The van der Waals surface area contributed by atoms with Crippen LogP contribution in [0.2, 0.25) is 0 Å².